The Morgan fingerprint density at radius 3 is 1.71 bits per heavy atom. The molecule has 0 spiro atoms. The summed E-state index contributed by atoms with van der Waals surface area (Å²) in [5.74, 6) is 0. The first kappa shape index (κ1) is 30.4. The van der Waals surface area contributed by atoms with Crippen molar-refractivity contribution >= 4 is 50.4 Å². The summed E-state index contributed by atoms with van der Waals surface area (Å²) >= 11 is 0. The molecule has 0 aliphatic heterocycles. The van der Waals surface area contributed by atoms with Gasteiger partial charge in [0.25, 0.3) is 0 Å². The van der Waals surface area contributed by atoms with Gasteiger partial charge in [0, 0.05) is 38.1 Å². The highest BCUT2D eigenvalue weighted by Gasteiger charge is 2.14. The van der Waals surface area contributed by atoms with Crippen molar-refractivity contribution in [3.05, 3.63) is 199 Å². The topological polar surface area (TPSA) is 9.86 Å². The van der Waals surface area contributed by atoms with Crippen LogP contribution in [0.1, 0.15) is 12.5 Å². The highest BCUT2D eigenvalue weighted by molar-refractivity contribution is 6.10. The number of fused-ring (bicyclic) bond motifs is 4. The lowest BCUT2D eigenvalue weighted by Crippen LogP contribution is -2.28. The van der Waals surface area contributed by atoms with Gasteiger partial charge in [0.05, 0.1) is 16.6 Å². The summed E-state index contributed by atoms with van der Waals surface area (Å²) in [6.45, 7) is 6.75. The van der Waals surface area contributed by atoms with E-state index in [0.717, 1.165) is 27.9 Å². The van der Waals surface area contributed by atoms with Crippen molar-refractivity contribution in [2.75, 3.05) is 0 Å². The Morgan fingerprint density at radius 2 is 1.00 bits per heavy atom. The molecule has 0 bridgehead atoms. The Morgan fingerprint density at radius 1 is 0.451 bits per heavy atom. The number of nitrogens with zero attached hydrogens (tertiary/aromatic N) is 2. The van der Waals surface area contributed by atoms with Crippen LogP contribution in [-0.4, -0.2) is 9.13 Å². The molecule has 0 N–H and O–H groups in total. The van der Waals surface area contributed by atoms with Crippen molar-refractivity contribution in [1.82, 2.24) is 9.13 Å². The minimum Gasteiger partial charge on any atom is -0.310 e. The third-order valence-electron chi connectivity index (χ3n) is 10.0. The SMILES string of the molecule is C=C(/C=c1\c(=C/C)n(-c2ccc(-c3cccc(-c4ccccc4)c3)cc2)c2ccccc12)c1ccc2c(c1)c1ccccc1n2-c1ccccc1. The Balaban J connectivity index is 1.13. The average molecular weight is 653 g/mol. The molecule has 0 aliphatic carbocycles. The smallest absolute Gasteiger partial charge is 0.0541 e. The molecule has 9 rings (SSSR count). The zero-order valence-electron chi connectivity index (χ0n) is 28.5. The van der Waals surface area contributed by atoms with E-state index in [2.05, 4.69) is 211 Å². The van der Waals surface area contributed by atoms with Gasteiger partial charge in [-0.2, -0.15) is 0 Å². The van der Waals surface area contributed by atoms with Crippen LogP contribution in [0.15, 0.2) is 183 Å². The van der Waals surface area contributed by atoms with E-state index in [1.165, 1.54) is 60.2 Å². The lowest BCUT2D eigenvalue weighted by molar-refractivity contribution is 1.07. The molecule has 2 aromatic heterocycles. The number of aromatic nitrogens is 2. The van der Waals surface area contributed by atoms with Gasteiger partial charge in [-0.05, 0) is 101 Å². The third kappa shape index (κ3) is 5.29. The predicted octanol–water partition coefficient (Wildman–Crippen LogP) is 11.4. The number of hydrogen-bond acceptors (Lipinski definition) is 0. The maximum Gasteiger partial charge on any atom is 0.0541 e. The molecule has 2 heterocycles. The van der Waals surface area contributed by atoms with Gasteiger partial charge in [0.2, 0.25) is 0 Å². The summed E-state index contributed by atoms with van der Waals surface area (Å²) in [6, 6.07) is 63.0. The quantitative estimate of drug-likeness (QED) is 0.169. The van der Waals surface area contributed by atoms with Crippen molar-refractivity contribution < 1.29 is 0 Å². The van der Waals surface area contributed by atoms with Gasteiger partial charge in [0.1, 0.15) is 0 Å². The normalized spacial score (nSPS) is 12.3. The predicted molar refractivity (Wildman–Crippen MR) is 218 cm³/mol. The molecule has 7 aromatic carbocycles. The molecular weight excluding hydrogens is 617 g/mol. The number of rotatable bonds is 6. The number of hydrogen-bond donors (Lipinski definition) is 0. The van der Waals surface area contributed by atoms with Crippen LogP contribution in [0.4, 0.5) is 0 Å². The van der Waals surface area contributed by atoms with Crippen LogP contribution in [0.2, 0.25) is 0 Å². The molecule has 242 valence electrons. The summed E-state index contributed by atoms with van der Waals surface area (Å²) in [5, 5.41) is 5.98. The largest absolute Gasteiger partial charge is 0.310 e. The molecule has 0 unspecified atom stereocenters. The van der Waals surface area contributed by atoms with Crippen molar-refractivity contribution in [2.24, 2.45) is 0 Å². The molecule has 0 saturated carbocycles. The Kier molecular flexibility index (Phi) is 7.56. The first-order chi connectivity index (χ1) is 25.2. The van der Waals surface area contributed by atoms with E-state index in [-0.39, 0.29) is 0 Å². The second-order valence-corrected chi connectivity index (χ2v) is 13.0. The lowest BCUT2D eigenvalue weighted by Gasteiger charge is -2.10. The third-order valence-corrected chi connectivity index (χ3v) is 10.0. The van der Waals surface area contributed by atoms with Crippen LogP contribution in [0.3, 0.4) is 0 Å². The van der Waals surface area contributed by atoms with Crippen molar-refractivity contribution in [3.8, 4) is 33.6 Å². The van der Waals surface area contributed by atoms with E-state index in [9.17, 15) is 0 Å². The molecule has 51 heavy (non-hydrogen) atoms. The standard InChI is InChI=1S/C49H36N2/c1-3-46-44(31-34(2)37-27-30-49-45(33-37)43-22-11-13-24-48(43)51(49)40-19-8-5-9-20-40)42-21-10-12-23-47(42)50(46)41-28-25-36(26-29-41)39-18-14-17-38(32-39)35-15-6-4-7-16-35/h3-33H,2H2,1H3/b44-31-,46-3+. The molecule has 0 saturated heterocycles. The molecular formula is C49H36N2. The van der Waals surface area contributed by atoms with E-state index >= 15 is 0 Å². The van der Waals surface area contributed by atoms with Crippen LogP contribution in [0.5, 0.6) is 0 Å². The summed E-state index contributed by atoms with van der Waals surface area (Å²) in [6.07, 6.45) is 4.47. The monoisotopic (exact) mass is 652 g/mol. The zero-order valence-corrected chi connectivity index (χ0v) is 28.5. The Hall–Kier alpha value is -6.64. The van der Waals surface area contributed by atoms with Crippen LogP contribution in [-0.2, 0) is 0 Å². The first-order valence-corrected chi connectivity index (χ1v) is 17.5. The number of allylic oxidation sites excluding steroid dienone is 1. The lowest BCUT2D eigenvalue weighted by atomic mass is 9.99. The van der Waals surface area contributed by atoms with Gasteiger partial charge >= 0.3 is 0 Å². The van der Waals surface area contributed by atoms with E-state index < -0.39 is 0 Å². The highest BCUT2D eigenvalue weighted by atomic mass is 15.0. The molecule has 2 heteroatoms. The van der Waals surface area contributed by atoms with Crippen LogP contribution in [0, 0.1) is 0 Å². The van der Waals surface area contributed by atoms with Gasteiger partial charge < -0.3 is 9.13 Å². The van der Waals surface area contributed by atoms with Crippen LogP contribution in [0.25, 0.3) is 84.1 Å². The van der Waals surface area contributed by atoms with E-state index in [1.54, 1.807) is 0 Å². The van der Waals surface area contributed by atoms with E-state index in [4.69, 9.17) is 0 Å². The minimum absolute atomic E-state index is 0.980. The molecule has 0 aliphatic rings. The number of benzene rings is 7. The molecule has 0 atom stereocenters. The minimum atomic E-state index is 0.980. The van der Waals surface area contributed by atoms with Gasteiger partial charge in [-0.25, -0.2) is 0 Å². The first-order valence-electron chi connectivity index (χ1n) is 17.5. The fourth-order valence-corrected chi connectivity index (χ4v) is 7.60. The van der Waals surface area contributed by atoms with Crippen molar-refractivity contribution in [2.45, 2.75) is 6.92 Å². The summed E-state index contributed by atoms with van der Waals surface area (Å²) in [5.41, 5.74) is 12.8. The van der Waals surface area contributed by atoms with E-state index in [1.807, 2.05) is 0 Å². The molecule has 2 nitrogen and oxygen atoms in total. The van der Waals surface area contributed by atoms with Crippen LogP contribution < -0.4 is 10.6 Å². The highest BCUT2D eigenvalue weighted by Crippen LogP contribution is 2.34. The Labute approximate surface area is 297 Å². The summed E-state index contributed by atoms with van der Waals surface area (Å²) in [4.78, 5) is 0. The van der Waals surface area contributed by atoms with E-state index in [0.29, 0.717) is 0 Å². The average Bonchev–Trinajstić information content (AvgIpc) is 3.70. The Bertz CT molecular complexity index is 2850. The van der Waals surface area contributed by atoms with Crippen LogP contribution >= 0.6 is 0 Å². The fourth-order valence-electron chi connectivity index (χ4n) is 7.60. The zero-order chi connectivity index (χ0) is 34.3. The maximum atomic E-state index is 4.62. The second kappa shape index (κ2) is 12.7. The summed E-state index contributed by atoms with van der Waals surface area (Å²) < 4.78 is 4.72. The van der Waals surface area contributed by atoms with Crippen molar-refractivity contribution in [1.29, 1.82) is 0 Å². The molecule has 0 amide bonds. The van der Waals surface area contributed by atoms with Crippen molar-refractivity contribution in [3.63, 3.8) is 0 Å². The summed E-state index contributed by atoms with van der Waals surface area (Å²) in [7, 11) is 0. The number of para-hydroxylation sites is 3. The van der Waals surface area contributed by atoms with Gasteiger partial charge in [-0.15, -0.1) is 0 Å². The van der Waals surface area contributed by atoms with Gasteiger partial charge in [0.15, 0.2) is 0 Å². The molecule has 0 radical (unpaired) electrons. The van der Waals surface area contributed by atoms with Gasteiger partial charge in [-0.1, -0.05) is 134 Å². The molecule has 0 fully saturated rings. The maximum absolute atomic E-state index is 4.62. The second-order valence-electron chi connectivity index (χ2n) is 13.0. The molecule has 9 aromatic rings. The fraction of sp³-hybridized carbons (Fsp3) is 0.0204. The van der Waals surface area contributed by atoms with Gasteiger partial charge in [-0.3, -0.25) is 0 Å².